The summed E-state index contributed by atoms with van der Waals surface area (Å²) in [7, 11) is 1.80. The van der Waals surface area contributed by atoms with E-state index < -0.39 is 0 Å². The van der Waals surface area contributed by atoms with Gasteiger partial charge in [-0.1, -0.05) is 5.16 Å². The third-order valence-electron chi connectivity index (χ3n) is 1.95. The first kappa shape index (κ1) is 10.9. The standard InChI is InChI=1S/C9H10BrN5O/c1-11-8-7(10)9(14-5-13-8)12-4-6-2-3-15-16-6/h2-3,5H,4H2,1H3,(H2,11,12,13,14). The number of nitrogens with zero attached hydrogens (tertiary/aromatic N) is 3. The Morgan fingerprint density at radius 3 is 2.88 bits per heavy atom. The van der Waals surface area contributed by atoms with Gasteiger partial charge in [-0.25, -0.2) is 9.97 Å². The summed E-state index contributed by atoms with van der Waals surface area (Å²) in [6, 6.07) is 1.79. The van der Waals surface area contributed by atoms with E-state index in [2.05, 4.69) is 41.7 Å². The maximum atomic E-state index is 4.96. The highest BCUT2D eigenvalue weighted by Crippen LogP contribution is 2.26. The molecule has 0 aliphatic rings. The molecule has 2 aromatic heterocycles. The van der Waals surface area contributed by atoms with Gasteiger partial charge in [0.25, 0.3) is 0 Å². The van der Waals surface area contributed by atoms with E-state index in [1.807, 2.05) is 0 Å². The van der Waals surface area contributed by atoms with Gasteiger partial charge in [0.1, 0.15) is 22.4 Å². The zero-order valence-corrected chi connectivity index (χ0v) is 10.2. The molecule has 84 valence electrons. The van der Waals surface area contributed by atoms with Gasteiger partial charge in [0.2, 0.25) is 0 Å². The van der Waals surface area contributed by atoms with Crippen molar-refractivity contribution in [2.45, 2.75) is 6.54 Å². The fraction of sp³-hybridized carbons (Fsp3) is 0.222. The second-order valence-electron chi connectivity index (χ2n) is 2.97. The molecule has 0 saturated carbocycles. The zero-order valence-electron chi connectivity index (χ0n) is 8.57. The van der Waals surface area contributed by atoms with Gasteiger partial charge in [0, 0.05) is 13.1 Å². The number of rotatable bonds is 4. The predicted molar refractivity (Wildman–Crippen MR) is 63.1 cm³/mol. The lowest BCUT2D eigenvalue weighted by Gasteiger charge is -2.08. The molecule has 0 radical (unpaired) electrons. The minimum Gasteiger partial charge on any atom is -0.372 e. The molecule has 0 fully saturated rings. The van der Waals surface area contributed by atoms with E-state index >= 15 is 0 Å². The third-order valence-corrected chi connectivity index (χ3v) is 2.70. The van der Waals surface area contributed by atoms with Crippen molar-refractivity contribution >= 4 is 27.6 Å². The average molecular weight is 284 g/mol. The summed E-state index contributed by atoms with van der Waals surface area (Å²) in [5.41, 5.74) is 0. The highest BCUT2D eigenvalue weighted by atomic mass is 79.9. The van der Waals surface area contributed by atoms with Crippen molar-refractivity contribution < 1.29 is 4.52 Å². The van der Waals surface area contributed by atoms with Crippen LogP contribution in [-0.2, 0) is 6.54 Å². The molecule has 16 heavy (non-hydrogen) atoms. The Balaban J connectivity index is 2.09. The highest BCUT2D eigenvalue weighted by Gasteiger charge is 2.07. The number of nitrogens with one attached hydrogen (secondary N) is 2. The van der Waals surface area contributed by atoms with Gasteiger partial charge in [-0.3, -0.25) is 0 Å². The van der Waals surface area contributed by atoms with Crippen LogP contribution < -0.4 is 10.6 Å². The topological polar surface area (TPSA) is 75.9 Å². The minimum atomic E-state index is 0.527. The smallest absolute Gasteiger partial charge is 0.155 e. The fourth-order valence-electron chi connectivity index (χ4n) is 1.17. The van der Waals surface area contributed by atoms with Crippen molar-refractivity contribution in [2.75, 3.05) is 17.7 Å². The lowest BCUT2D eigenvalue weighted by molar-refractivity contribution is 0.388. The number of halogens is 1. The molecule has 0 aromatic carbocycles. The third kappa shape index (κ3) is 2.30. The van der Waals surface area contributed by atoms with Gasteiger partial charge < -0.3 is 15.2 Å². The van der Waals surface area contributed by atoms with E-state index in [4.69, 9.17) is 4.52 Å². The number of hydrogen-bond donors (Lipinski definition) is 2. The molecule has 0 spiro atoms. The van der Waals surface area contributed by atoms with Crippen molar-refractivity contribution in [1.29, 1.82) is 0 Å². The molecule has 0 atom stereocenters. The van der Waals surface area contributed by atoms with Crippen molar-refractivity contribution in [3.8, 4) is 0 Å². The summed E-state index contributed by atoms with van der Waals surface area (Å²) in [5, 5.41) is 9.69. The molecule has 2 heterocycles. The van der Waals surface area contributed by atoms with Gasteiger partial charge in [0.15, 0.2) is 5.76 Å². The molecule has 6 nitrogen and oxygen atoms in total. The molecular weight excluding hydrogens is 274 g/mol. The summed E-state index contributed by atoms with van der Waals surface area (Å²) < 4.78 is 5.75. The molecule has 0 aliphatic carbocycles. The minimum absolute atomic E-state index is 0.527. The molecule has 0 saturated heterocycles. The van der Waals surface area contributed by atoms with Crippen molar-refractivity contribution in [2.24, 2.45) is 0 Å². The molecular formula is C9H10BrN5O. The van der Waals surface area contributed by atoms with Crippen LogP contribution in [0.5, 0.6) is 0 Å². The van der Waals surface area contributed by atoms with Crippen LogP contribution in [0.1, 0.15) is 5.76 Å². The normalized spacial score (nSPS) is 10.1. The Bertz CT molecular complexity index is 459. The summed E-state index contributed by atoms with van der Waals surface area (Å²) in [6.07, 6.45) is 3.09. The summed E-state index contributed by atoms with van der Waals surface area (Å²) >= 11 is 3.41. The van der Waals surface area contributed by atoms with Gasteiger partial charge in [0.05, 0.1) is 12.7 Å². The first-order valence-corrected chi connectivity index (χ1v) is 5.42. The van der Waals surface area contributed by atoms with E-state index in [1.54, 1.807) is 19.3 Å². The molecule has 2 aromatic rings. The monoisotopic (exact) mass is 283 g/mol. The number of anilines is 2. The van der Waals surface area contributed by atoms with Gasteiger partial charge in [-0.05, 0) is 15.9 Å². The van der Waals surface area contributed by atoms with E-state index in [0.29, 0.717) is 12.4 Å². The molecule has 2 rings (SSSR count). The predicted octanol–water partition coefficient (Wildman–Crippen LogP) is 1.88. The maximum absolute atomic E-state index is 4.96. The molecule has 0 aliphatic heterocycles. The van der Waals surface area contributed by atoms with Crippen LogP contribution in [0, 0.1) is 0 Å². The van der Waals surface area contributed by atoms with Crippen molar-refractivity contribution in [1.82, 2.24) is 15.1 Å². The molecule has 0 bridgehead atoms. The largest absolute Gasteiger partial charge is 0.372 e. The summed E-state index contributed by atoms with van der Waals surface area (Å²) in [5.74, 6) is 2.18. The van der Waals surface area contributed by atoms with Crippen LogP contribution in [0.15, 0.2) is 27.6 Å². The molecule has 2 N–H and O–H groups in total. The second kappa shape index (κ2) is 4.93. The van der Waals surface area contributed by atoms with Crippen LogP contribution in [0.3, 0.4) is 0 Å². The van der Waals surface area contributed by atoms with Crippen LogP contribution in [0.4, 0.5) is 11.6 Å². The molecule has 0 unspecified atom stereocenters. The van der Waals surface area contributed by atoms with E-state index in [0.717, 1.165) is 16.1 Å². The Morgan fingerprint density at radius 2 is 2.19 bits per heavy atom. The van der Waals surface area contributed by atoms with Gasteiger partial charge in [-0.15, -0.1) is 0 Å². The Hall–Kier alpha value is -1.63. The Labute approximate surface area is 101 Å². The number of aromatic nitrogens is 3. The zero-order chi connectivity index (χ0) is 11.4. The summed E-state index contributed by atoms with van der Waals surface area (Å²) in [6.45, 7) is 0.527. The quantitative estimate of drug-likeness (QED) is 0.892. The second-order valence-corrected chi connectivity index (χ2v) is 3.76. The van der Waals surface area contributed by atoms with Crippen LogP contribution in [0.2, 0.25) is 0 Å². The SMILES string of the molecule is CNc1ncnc(NCc2ccno2)c1Br. The Kier molecular flexibility index (Phi) is 3.35. The Morgan fingerprint density at radius 1 is 1.38 bits per heavy atom. The van der Waals surface area contributed by atoms with E-state index in [-0.39, 0.29) is 0 Å². The van der Waals surface area contributed by atoms with E-state index in [1.165, 1.54) is 6.33 Å². The maximum Gasteiger partial charge on any atom is 0.155 e. The molecule has 7 heteroatoms. The van der Waals surface area contributed by atoms with E-state index in [9.17, 15) is 0 Å². The van der Waals surface area contributed by atoms with Crippen molar-refractivity contribution in [3.05, 3.63) is 28.8 Å². The van der Waals surface area contributed by atoms with Crippen LogP contribution >= 0.6 is 15.9 Å². The van der Waals surface area contributed by atoms with Gasteiger partial charge in [-0.2, -0.15) is 0 Å². The lowest BCUT2D eigenvalue weighted by Crippen LogP contribution is -2.04. The molecule has 0 amide bonds. The highest BCUT2D eigenvalue weighted by molar-refractivity contribution is 9.10. The fourth-order valence-corrected chi connectivity index (χ4v) is 1.71. The van der Waals surface area contributed by atoms with Crippen LogP contribution in [0.25, 0.3) is 0 Å². The lowest BCUT2D eigenvalue weighted by atomic mass is 10.4. The summed E-state index contributed by atoms with van der Waals surface area (Å²) in [4.78, 5) is 8.17. The van der Waals surface area contributed by atoms with Gasteiger partial charge >= 0.3 is 0 Å². The first-order chi connectivity index (χ1) is 7.81. The first-order valence-electron chi connectivity index (χ1n) is 4.63. The van der Waals surface area contributed by atoms with Crippen LogP contribution in [-0.4, -0.2) is 22.2 Å². The average Bonchev–Trinajstić information content (AvgIpc) is 2.81. The number of hydrogen-bond acceptors (Lipinski definition) is 6. The van der Waals surface area contributed by atoms with Crippen molar-refractivity contribution in [3.63, 3.8) is 0 Å².